The summed E-state index contributed by atoms with van der Waals surface area (Å²) in [7, 11) is 0. The quantitative estimate of drug-likeness (QED) is 0.0796. The molecule has 0 fully saturated rings. The molecule has 6 aromatic rings. The molecule has 5 nitrogen and oxygen atoms in total. The van der Waals surface area contributed by atoms with Gasteiger partial charge in [0.1, 0.15) is 16.9 Å². The van der Waals surface area contributed by atoms with Gasteiger partial charge in [-0.3, -0.25) is 9.78 Å². The molecule has 6 rings (SSSR count). The molecule has 0 aliphatic rings. The first-order valence-corrected chi connectivity index (χ1v) is 19.4. The minimum absolute atomic E-state index is 0. The number of hydrogen-bond acceptors (Lipinski definition) is 5. The molecule has 0 atom stereocenters. The third kappa shape index (κ3) is 8.93. The Kier molecular flexibility index (Phi) is 13.6. The summed E-state index contributed by atoms with van der Waals surface area (Å²) in [6.45, 7) is 23.3. The zero-order chi connectivity index (χ0) is 38.7. The summed E-state index contributed by atoms with van der Waals surface area (Å²) >= 11 is 0. The van der Waals surface area contributed by atoms with Crippen molar-refractivity contribution in [2.45, 2.75) is 114 Å². The summed E-state index contributed by atoms with van der Waals surface area (Å²) in [4.78, 5) is 17.2. The van der Waals surface area contributed by atoms with Crippen LogP contribution in [0.3, 0.4) is 0 Å². The minimum atomic E-state index is -0.337. The van der Waals surface area contributed by atoms with Gasteiger partial charge in [-0.2, -0.15) is 0 Å². The first kappa shape index (κ1) is 42.7. The molecule has 0 amide bonds. The third-order valence-electron chi connectivity index (χ3n) is 11.5. The molecule has 0 saturated carbocycles. The summed E-state index contributed by atoms with van der Waals surface area (Å²) in [6.07, 6.45) is 9.36. The Morgan fingerprint density at radius 1 is 0.852 bits per heavy atom. The van der Waals surface area contributed by atoms with E-state index in [-0.39, 0.29) is 47.9 Å². The third-order valence-corrected chi connectivity index (χ3v) is 11.5. The van der Waals surface area contributed by atoms with Gasteiger partial charge in [0.25, 0.3) is 0 Å². The largest absolute Gasteiger partial charge is 0.512 e. The second kappa shape index (κ2) is 17.2. The van der Waals surface area contributed by atoms with Crippen LogP contribution in [-0.2, 0) is 36.7 Å². The number of hydrogen-bond donors (Lipinski definition) is 1. The van der Waals surface area contributed by atoms with Crippen molar-refractivity contribution < 1.29 is 38.8 Å². The Morgan fingerprint density at radius 3 is 2.15 bits per heavy atom. The van der Waals surface area contributed by atoms with Gasteiger partial charge in [-0.05, 0) is 60.6 Å². The molecule has 289 valence electrons. The monoisotopic (exact) mass is 905 g/mol. The summed E-state index contributed by atoms with van der Waals surface area (Å²) in [6, 6.07) is 24.8. The number of aliphatic hydroxyl groups excluding tert-OH is 1. The molecule has 3 heterocycles. The number of benzene rings is 3. The fourth-order valence-electron chi connectivity index (χ4n) is 6.83. The second-order valence-corrected chi connectivity index (χ2v) is 16.6. The maximum atomic E-state index is 12.2. The van der Waals surface area contributed by atoms with Crippen molar-refractivity contribution >= 4 is 38.6 Å². The van der Waals surface area contributed by atoms with Crippen LogP contribution < -0.4 is 0 Å². The molecule has 0 saturated heterocycles. The molecule has 3 aromatic heterocycles. The average molecular weight is 905 g/mol. The van der Waals surface area contributed by atoms with Crippen LogP contribution >= 0.6 is 0 Å². The zero-order valence-electron chi connectivity index (χ0n) is 34.1. The van der Waals surface area contributed by atoms with Crippen LogP contribution in [0.2, 0.25) is 0 Å². The number of nitrogens with zero attached hydrogens (tertiary/aromatic N) is 1. The topological polar surface area (TPSA) is 76.5 Å². The smallest absolute Gasteiger partial charge is 0.164 e. The molecule has 3 aromatic carbocycles. The molecular formula is C48H58IrNO4-. The Balaban J connectivity index is 0.000000309. The van der Waals surface area contributed by atoms with Crippen molar-refractivity contribution in [2.75, 3.05) is 0 Å². The average Bonchev–Trinajstić information content (AvgIpc) is 3.79. The van der Waals surface area contributed by atoms with E-state index in [1.54, 1.807) is 6.26 Å². The van der Waals surface area contributed by atoms with Gasteiger partial charge in [-0.25, -0.2) is 0 Å². The first-order chi connectivity index (χ1) is 25.1. The van der Waals surface area contributed by atoms with E-state index in [1.807, 2.05) is 53.9 Å². The number of carbonyl (C=O) groups excluding carboxylic acids is 1. The number of pyridine rings is 1. The van der Waals surface area contributed by atoms with Gasteiger partial charge in [-0.15, -0.1) is 29.1 Å². The van der Waals surface area contributed by atoms with Gasteiger partial charge in [0.2, 0.25) is 0 Å². The maximum absolute atomic E-state index is 12.2. The standard InChI is InChI=1S/C33H30NO2.C15H28O2.Ir/c1-20(2)14-24-19-36-31-17-22(10-11-26(24)31)27-18-30(34-29-12-13-35-32(27)29)23-15-21-8-6-7-9-25(21)28(16-23)33(3,4)5;1-7-14(5,8-2)12(16)11-13(17)15(6,9-3)10-4;/h6-13,16-20H,14H2,1-5H3;11,16H,7-10H2,1-6H3;/q-1;;/b;12-11-;. The first-order valence-electron chi connectivity index (χ1n) is 19.4. The summed E-state index contributed by atoms with van der Waals surface area (Å²) in [5.41, 5.74) is 8.37. The van der Waals surface area contributed by atoms with E-state index in [0.717, 1.165) is 76.6 Å². The minimum Gasteiger partial charge on any atom is -0.512 e. The summed E-state index contributed by atoms with van der Waals surface area (Å²) in [5, 5.41) is 13.6. The maximum Gasteiger partial charge on any atom is 0.164 e. The fraction of sp³-hybridized carbons (Fsp3) is 0.417. The van der Waals surface area contributed by atoms with Crippen LogP contribution in [0.15, 0.2) is 93.9 Å². The molecule has 6 heteroatoms. The number of carbonyl (C=O) groups is 1. The molecule has 1 radical (unpaired) electrons. The van der Waals surface area contributed by atoms with Crippen LogP contribution in [-0.4, -0.2) is 15.9 Å². The SMILES string of the molecule is CC(C)Cc1coc2cc(-c3cc(-c4[c-]c5ccccc5c(C(C)(C)C)c4)nc4ccoc34)ccc12.CCC(C)(CC)C(=O)/C=C(\O)C(C)(CC)CC.[Ir]. The number of furan rings is 2. The summed E-state index contributed by atoms with van der Waals surface area (Å²) < 4.78 is 11.9. The molecule has 1 N–H and O–H groups in total. The molecule has 54 heavy (non-hydrogen) atoms. The normalized spacial score (nSPS) is 12.6. The number of allylic oxidation sites excluding steroid dienone is 2. The van der Waals surface area contributed by atoms with Gasteiger partial charge < -0.3 is 13.9 Å². The molecule has 0 aliphatic heterocycles. The zero-order valence-corrected chi connectivity index (χ0v) is 36.5. The molecule has 0 bridgehead atoms. The van der Waals surface area contributed by atoms with Crippen molar-refractivity contribution in [3.63, 3.8) is 0 Å². The van der Waals surface area contributed by atoms with Gasteiger partial charge in [0, 0.05) is 59.7 Å². The molecular weight excluding hydrogens is 847 g/mol. The van der Waals surface area contributed by atoms with Crippen LogP contribution in [0, 0.1) is 22.8 Å². The predicted octanol–water partition coefficient (Wildman–Crippen LogP) is 14.0. The van der Waals surface area contributed by atoms with Crippen LogP contribution in [0.5, 0.6) is 0 Å². The van der Waals surface area contributed by atoms with Crippen molar-refractivity contribution in [1.29, 1.82) is 0 Å². The second-order valence-electron chi connectivity index (χ2n) is 16.6. The predicted molar refractivity (Wildman–Crippen MR) is 221 cm³/mol. The van der Waals surface area contributed by atoms with E-state index in [1.165, 1.54) is 28.0 Å². The van der Waals surface area contributed by atoms with E-state index < -0.39 is 0 Å². The number of aliphatic hydroxyl groups is 1. The van der Waals surface area contributed by atoms with E-state index in [0.29, 0.717) is 5.92 Å². The van der Waals surface area contributed by atoms with E-state index in [2.05, 4.69) is 95.3 Å². The Hall–Kier alpha value is -3.99. The molecule has 0 unspecified atom stereocenters. The van der Waals surface area contributed by atoms with E-state index in [4.69, 9.17) is 13.8 Å². The van der Waals surface area contributed by atoms with Crippen molar-refractivity contribution in [2.24, 2.45) is 16.7 Å². The molecule has 0 aliphatic carbocycles. The van der Waals surface area contributed by atoms with Crippen molar-refractivity contribution in [3.05, 3.63) is 102 Å². The van der Waals surface area contributed by atoms with Crippen LogP contribution in [0.1, 0.15) is 113 Å². The van der Waals surface area contributed by atoms with Crippen molar-refractivity contribution in [1.82, 2.24) is 4.98 Å². The number of ketones is 1. The Labute approximate surface area is 336 Å². The van der Waals surface area contributed by atoms with Crippen LogP contribution in [0.25, 0.3) is 55.2 Å². The van der Waals surface area contributed by atoms with E-state index in [9.17, 15) is 9.90 Å². The van der Waals surface area contributed by atoms with Gasteiger partial charge >= 0.3 is 0 Å². The van der Waals surface area contributed by atoms with Crippen molar-refractivity contribution in [3.8, 4) is 22.4 Å². The Bertz CT molecular complexity index is 2240. The number of fused-ring (bicyclic) bond motifs is 3. The summed E-state index contributed by atoms with van der Waals surface area (Å²) in [5.74, 6) is 0.862. The van der Waals surface area contributed by atoms with Gasteiger partial charge in [0.15, 0.2) is 11.4 Å². The Morgan fingerprint density at radius 2 is 1.52 bits per heavy atom. The van der Waals surface area contributed by atoms with Gasteiger partial charge in [-0.1, -0.05) is 124 Å². The van der Waals surface area contributed by atoms with Gasteiger partial charge in [0.05, 0.1) is 12.5 Å². The van der Waals surface area contributed by atoms with E-state index >= 15 is 0 Å². The fourth-order valence-corrected chi connectivity index (χ4v) is 6.83. The number of aromatic nitrogens is 1. The van der Waals surface area contributed by atoms with Crippen LogP contribution in [0.4, 0.5) is 0 Å². The number of rotatable bonds is 11. The molecule has 0 spiro atoms.